The van der Waals surface area contributed by atoms with Gasteiger partial charge in [0, 0.05) is 18.1 Å². The van der Waals surface area contributed by atoms with Gasteiger partial charge >= 0.3 is 5.97 Å². The first-order valence-corrected chi connectivity index (χ1v) is 8.26. The van der Waals surface area contributed by atoms with Gasteiger partial charge in [-0.1, -0.05) is 19.3 Å². The predicted molar refractivity (Wildman–Crippen MR) is 81.1 cm³/mol. The number of amides is 1. The Hall–Kier alpha value is -1.10. The first-order chi connectivity index (χ1) is 9.99. The number of hydrogen-bond acceptors (Lipinski definition) is 3. The van der Waals surface area contributed by atoms with Crippen LogP contribution in [0.3, 0.4) is 0 Å². The number of aliphatic carboxylic acids is 1. The standard InChI is InChI=1S/C16H28N2O3/c1-12(2)18(14-6-4-3-5-7-14)15(19)10-17(11-16(20)21)13-8-9-13/h12-14H,3-11H2,1-2H3,(H,20,21). The topological polar surface area (TPSA) is 60.9 Å². The van der Waals surface area contributed by atoms with Crippen LogP contribution in [0.2, 0.25) is 0 Å². The third kappa shape index (κ3) is 4.70. The second kappa shape index (κ2) is 7.25. The fraction of sp³-hybridized carbons (Fsp3) is 0.875. The van der Waals surface area contributed by atoms with Gasteiger partial charge in [0.25, 0.3) is 0 Å². The van der Waals surface area contributed by atoms with Crippen LogP contribution in [-0.2, 0) is 9.59 Å². The molecule has 0 aliphatic heterocycles. The van der Waals surface area contributed by atoms with Gasteiger partial charge in [0.2, 0.25) is 5.91 Å². The molecule has 0 aromatic rings. The van der Waals surface area contributed by atoms with Crippen LogP contribution in [0.4, 0.5) is 0 Å². The van der Waals surface area contributed by atoms with E-state index in [-0.39, 0.29) is 25.0 Å². The Bertz CT molecular complexity index is 374. The number of nitrogens with zero attached hydrogens (tertiary/aromatic N) is 2. The highest BCUT2D eigenvalue weighted by Gasteiger charge is 2.34. The molecule has 5 heteroatoms. The van der Waals surface area contributed by atoms with Crippen molar-refractivity contribution in [3.05, 3.63) is 0 Å². The molecule has 2 rings (SSSR count). The molecule has 2 fully saturated rings. The molecule has 0 radical (unpaired) electrons. The van der Waals surface area contributed by atoms with Crippen molar-refractivity contribution in [1.82, 2.24) is 9.80 Å². The summed E-state index contributed by atoms with van der Waals surface area (Å²) < 4.78 is 0. The normalized spacial score (nSPS) is 20.0. The van der Waals surface area contributed by atoms with Gasteiger partial charge in [-0.05, 0) is 39.5 Å². The lowest BCUT2D eigenvalue weighted by Crippen LogP contribution is -2.50. The number of carboxylic acids is 1. The molecule has 0 aromatic carbocycles. The largest absolute Gasteiger partial charge is 0.480 e. The van der Waals surface area contributed by atoms with E-state index in [0.29, 0.717) is 12.1 Å². The Morgan fingerprint density at radius 3 is 2.10 bits per heavy atom. The molecule has 21 heavy (non-hydrogen) atoms. The van der Waals surface area contributed by atoms with Crippen molar-refractivity contribution in [2.75, 3.05) is 13.1 Å². The number of hydrogen-bond donors (Lipinski definition) is 1. The maximum absolute atomic E-state index is 12.7. The summed E-state index contributed by atoms with van der Waals surface area (Å²) in [5.41, 5.74) is 0. The molecule has 0 unspecified atom stereocenters. The molecule has 5 nitrogen and oxygen atoms in total. The Balaban J connectivity index is 1.97. The summed E-state index contributed by atoms with van der Waals surface area (Å²) in [5, 5.41) is 9.00. The molecule has 2 aliphatic rings. The van der Waals surface area contributed by atoms with E-state index in [4.69, 9.17) is 5.11 Å². The summed E-state index contributed by atoms with van der Waals surface area (Å²) in [6.45, 7) is 4.36. The Morgan fingerprint density at radius 2 is 1.62 bits per heavy atom. The molecule has 1 N–H and O–H groups in total. The van der Waals surface area contributed by atoms with E-state index < -0.39 is 5.97 Å². The van der Waals surface area contributed by atoms with Crippen LogP contribution < -0.4 is 0 Å². The molecular formula is C16H28N2O3. The summed E-state index contributed by atoms with van der Waals surface area (Å²) >= 11 is 0. The summed E-state index contributed by atoms with van der Waals surface area (Å²) in [7, 11) is 0. The van der Waals surface area contributed by atoms with E-state index in [1.165, 1.54) is 19.3 Å². The van der Waals surface area contributed by atoms with E-state index in [9.17, 15) is 9.59 Å². The molecular weight excluding hydrogens is 268 g/mol. The van der Waals surface area contributed by atoms with Crippen molar-refractivity contribution in [2.45, 2.75) is 76.9 Å². The average molecular weight is 296 g/mol. The van der Waals surface area contributed by atoms with Crippen molar-refractivity contribution in [3.63, 3.8) is 0 Å². The number of carboxylic acid groups (broad SMARTS) is 1. The zero-order chi connectivity index (χ0) is 15.4. The summed E-state index contributed by atoms with van der Waals surface area (Å²) in [5.74, 6) is -0.742. The Labute approximate surface area is 127 Å². The average Bonchev–Trinajstić information content (AvgIpc) is 3.22. The third-order valence-corrected chi connectivity index (χ3v) is 4.55. The van der Waals surface area contributed by atoms with Crippen molar-refractivity contribution in [2.24, 2.45) is 0 Å². The molecule has 2 saturated carbocycles. The maximum atomic E-state index is 12.7. The zero-order valence-corrected chi connectivity index (χ0v) is 13.3. The van der Waals surface area contributed by atoms with Crippen LogP contribution in [0.15, 0.2) is 0 Å². The van der Waals surface area contributed by atoms with E-state index in [2.05, 4.69) is 13.8 Å². The Morgan fingerprint density at radius 1 is 1.00 bits per heavy atom. The number of rotatable bonds is 7. The minimum Gasteiger partial charge on any atom is -0.480 e. The van der Waals surface area contributed by atoms with Crippen LogP contribution in [0.5, 0.6) is 0 Å². The van der Waals surface area contributed by atoms with Gasteiger partial charge in [-0.25, -0.2) is 0 Å². The van der Waals surface area contributed by atoms with Crippen LogP contribution >= 0.6 is 0 Å². The van der Waals surface area contributed by atoms with Crippen LogP contribution in [0, 0.1) is 0 Å². The second-order valence-corrected chi connectivity index (χ2v) is 6.72. The van der Waals surface area contributed by atoms with Crippen molar-refractivity contribution >= 4 is 11.9 Å². The van der Waals surface area contributed by atoms with Gasteiger partial charge in [0.05, 0.1) is 13.1 Å². The van der Waals surface area contributed by atoms with Crippen molar-refractivity contribution in [3.8, 4) is 0 Å². The minimum atomic E-state index is -0.844. The van der Waals surface area contributed by atoms with Crippen LogP contribution in [-0.4, -0.2) is 58.0 Å². The SMILES string of the molecule is CC(C)N(C(=O)CN(CC(=O)O)C1CC1)C1CCCCC1. The highest BCUT2D eigenvalue weighted by molar-refractivity contribution is 5.80. The monoisotopic (exact) mass is 296 g/mol. The van der Waals surface area contributed by atoms with Gasteiger partial charge in [-0.15, -0.1) is 0 Å². The van der Waals surface area contributed by atoms with Gasteiger partial charge in [-0.3, -0.25) is 14.5 Å². The third-order valence-electron chi connectivity index (χ3n) is 4.55. The van der Waals surface area contributed by atoms with Crippen molar-refractivity contribution < 1.29 is 14.7 Å². The zero-order valence-electron chi connectivity index (χ0n) is 13.3. The van der Waals surface area contributed by atoms with Gasteiger partial charge in [0.15, 0.2) is 0 Å². The van der Waals surface area contributed by atoms with Crippen LogP contribution in [0.25, 0.3) is 0 Å². The van der Waals surface area contributed by atoms with E-state index >= 15 is 0 Å². The molecule has 0 aromatic heterocycles. The van der Waals surface area contributed by atoms with E-state index in [1.807, 2.05) is 9.80 Å². The molecule has 0 spiro atoms. The minimum absolute atomic E-state index is 0.0208. The highest BCUT2D eigenvalue weighted by atomic mass is 16.4. The van der Waals surface area contributed by atoms with Gasteiger partial charge < -0.3 is 10.0 Å². The Kier molecular flexibility index (Phi) is 5.62. The quantitative estimate of drug-likeness (QED) is 0.781. The van der Waals surface area contributed by atoms with E-state index in [0.717, 1.165) is 25.7 Å². The first-order valence-electron chi connectivity index (χ1n) is 8.26. The maximum Gasteiger partial charge on any atom is 0.317 e. The van der Waals surface area contributed by atoms with Gasteiger partial charge in [0.1, 0.15) is 0 Å². The predicted octanol–water partition coefficient (Wildman–Crippen LogP) is 2.11. The highest BCUT2D eigenvalue weighted by Crippen LogP contribution is 2.28. The summed E-state index contributed by atoms with van der Waals surface area (Å²) in [6.07, 6.45) is 7.88. The summed E-state index contributed by atoms with van der Waals surface area (Å²) in [4.78, 5) is 27.5. The lowest BCUT2D eigenvalue weighted by Gasteiger charge is -2.38. The van der Waals surface area contributed by atoms with Crippen LogP contribution in [0.1, 0.15) is 58.8 Å². The molecule has 0 bridgehead atoms. The van der Waals surface area contributed by atoms with Crippen molar-refractivity contribution in [1.29, 1.82) is 0 Å². The molecule has 0 heterocycles. The molecule has 0 saturated heterocycles. The molecule has 2 aliphatic carbocycles. The molecule has 0 atom stereocenters. The first kappa shape index (κ1) is 16.3. The smallest absolute Gasteiger partial charge is 0.317 e. The lowest BCUT2D eigenvalue weighted by atomic mass is 9.93. The fourth-order valence-electron chi connectivity index (χ4n) is 3.46. The molecule has 120 valence electrons. The van der Waals surface area contributed by atoms with E-state index in [1.54, 1.807) is 0 Å². The fourth-order valence-corrected chi connectivity index (χ4v) is 3.46. The number of carbonyl (C=O) groups excluding carboxylic acids is 1. The summed E-state index contributed by atoms with van der Waals surface area (Å²) in [6, 6.07) is 0.828. The second-order valence-electron chi connectivity index (χ2n) is 6.72. The number of carbonyl (C=O) groups is 2. The lowest BCUT2D eigenvalue weighted by molar-refractivity contribution is -0.141. The van der Waals surface area contributed by atoms with Gasteiger partial charge in [-0.2, -0.15) is 0 Å². The molecule has 1 amide bonds.